The van der Waals surface area contributed by atoms with Crippen molar-refractivity contribution in [3.8, 4) is 0 Å². The number of rotatable bonds is 4. The van der Waals surface area contributed by atoms with Crippen LogP contribution in [0.2, 0.25) is 0 Å². The van der Waals surface area contributed by atoms with E-state index in [1.807, 2.05) is 0 Å². The lowest BCUT2D eigenvalue weighted by Crippen LogP contribution is -2.34. The molecule has 0 fully saturated rings. The van der Waals surface area contributed by atoms with E-state index in [1.54, 1.807) is 0 Å². The van der Waals surface area contributed by atoms with Crippen molar-refractivity contribution in [1.82, 2.24) is 0 Å². The van der Waals surface area contributed by atoms with Crippen LogP contribution in [0.1, 0.15) is 0 Å². The van der Waals surface area contributed by atoms with Gasteiger partial charge in [-0.1, -0.05) is 0 Å². The highest BCUT2D eigenvalue weighted by Crippen LogP contribution is 1.74. The summed E-state index contributed by atoms with van der Waals surface area (Å²) in [6, 6.07) is -0.151. The average molecular weight is 120 g/mol. The fourth-order valence-electron chi connectivity index (χ4n) is 0.272. The van der Waals surface area contributed by atoms with E-state index in [1.165, 1.54) is 0 Å². The van der Waals surface area contributed by atoms with Crippen molar-refractivity contribution in [2.45, 2.75) is 6.04 Å². The molecule has 0 aliphatic rings. The Hall–Kier alpha value is -0.160. The molecular weight excluding hydrogens is 108 g/mol. The van der Waals surface area contributed by atoms with Crippen LogP contribution in [0, 0.1) is 0 Å². The molecule has 0 rings (SSSR count). The molecule has 0 aromatic carbocycles. The van der Waals surface area contributed by atoms with Crippen molar-refractivity contribution in [3.63, 3.8) is 0 Å². The molecule has 0 saturated heterocycles. The first kappa shape index (κ1) is 7.84. The summed E-state index contributed by atoms with van der Waals surface area (Å²) in [6.45, 7) is 0.431. The van der Waals surface area contributed by atoms with Crippen molar-refractivity contribution in [2.24, 2.45) is 11.5 Å². The third kappa shape index (κ3) is 4.01. The molecule has 4 nitrogen and oxygen atoms in total. The first-order chi connectivity index (χ1) is 3.81. The Morgan fingerprint density at radius 3 is 2.62 bits per heavy atom. The number of ether oxygens (including phenoxy) is 1. The highest BCUT2D eigenvalue weighted by Gasteiger charge is 1.95. The number of hydrogen-bond acceptors (Lipinski definition) is 4. The Morgan fingerprint density at radius 1 is 1.62 bits per heavy atom. The molecule has 0 aromatic heterocycles. The summed E-state index contributed by atoms with van der Waals surface area (Å²) in [6.07, 6.45) is 0. The quantitative estimate of drug-likeness (QED) is 0.384. The van der Waals surface area contributed by atoms with E-state index < -0.39 is 0 Å². The summed E-state index contributed by atoms with van der Waals surface area (Å²) in [4.78, 5) is 0. The summed E-state index contributed by atoms with van der Waals surface area (Å²) in [5.74, 6) is 0. The lowest BCUT2D eigenvalue weighted by molar-refractivity contribution is -0.00629. The number of hydrogen-bond donors (Lipinski definition) is 3. The fourth-order valence-corrected chi connectivity index (χ4v) is 0.272. The molecule has 5 N–H and O–H groups in total. The molecule has 0 saturated carbocycles. The third-order valence-corrected chi connectivity index (χ3v) is 0.726. The van der Waals surface area contributed by atoms with Gasteiger partial charge in [0.15, 0.2) is 0 Å². The highest BCUT2D eigenvalue weighted by molar-refractivity contribution is 4.57. The van der Waals surface area contributed by atoms with Crippen LogP contribution < -0.4 is 11.5 Å². The minimum absolute atomic E-state index is 0.151. The van der Waals surface area contributed by atoms with E-state index >= 15 is 0 Å². The molecule has 0 aliphatic heterocycles. The molecule has 1 unspecified atom stereocenters. The largest absolute Gasteiger partial charge is 0.371 e. The van der Waals surface area contributed by atoms with E-state index in [2.05, 4.69) is 4.74 Å². The normalized spacial score (nSPS) is 13.9. The van der Waals surface area contributed by atoms with Gasteiger partial charge in [0.05, 0.1) is 6.61 Å². The van der Waals surface area contributed by atoms with E-state index in [0.29, 0.717) is 13.2 Å². The van der Waals surface area contributed by atoms with Crippen molar-refractivity contribution in [2.75, 3.05) is 19.9 Å². The highest BCUT2D eigenvalue weighted by atomic mass is 16.6. The average Bonchev–Trinajstić information content (AvgIpc) is 1.83. The van der Waals surface area contributed by atoms with Crippen LogP contribution in [0.3, 0.4) is 0 Å². The van der Waals surface area contributed by atoms with Gasteiger partial charge < -0.3 is 21.3 Å². The molecular formula is C4H12N2O2. The Balaban J connectivity index is 2.86. The monoisotopic (exact) mass is 120 g/mol. The molecule has 50 valence electrons. The van der Waals surface area contributed by atoms with Gasteiger partial charge in [-0.15, -0.1) is 0 Å². The van der Waals surface area contributed by atoms with Gasteiger partial charge >= 0.3 is 0 Å². The van der Waals surface area contributed by atoms with Gasteiger partial charge in [-0.2, -0.15) is 0 Å². The smallest absolute Gasteiger partial charge is 0.143 e. The van der Waals surface area contributed by atoms with Gasteiger partial charge in [0.25, 0.3) is 0 Å². The van der Waals surface area contributed by atoms with Gasteiger partial charge in [0, 0.05) is 12.6 Å². The second kappa shape index (κ2) is 4.99. The summed E-state index contributed by atoms with van der Waals surface area (Å²) in [7, 11) is 0. The second-order valence-electron chi connectivity index (χ2n) is 1.50. The second-order valence-corrected chi connectivity index (χ2v) is 1.50. The van der Waals surface area contributed by atoms with Gasteiger partial charge in [0.1, 0.15) is 6.79 Å². The molecule has 0 heterocycles. The van der Waals surface area contributed by atoms with Crippen LogP contribution in [-0.4, -0.2) is 31.1 Å². The van der Waals surface area contributed by atoms with Gasteiger partial charge in [-0.25, -0.2) is 0 Å². The minimum Gasteiger partial charge on any atom is -0.371 e. The Morgan fingerprint density at radius 2 is 2.25 bits per heavy atom. The maximum Gasteiger partial charge on any atom is 0.143 e. The van der Waals surface area contributed by atoms with Crippen molar-refractivity contribution in [3.05, 3.63) is 0 Å². The summed E-state index contributed by atoms with van der Waals surface area (Å²) < 4.78 is 4.54. The number of aliphatic hydroxyl groups is 1. The topological polar surface area (TPSA) is 81.5 Å². The van der Waals surface area contributed by atoms with E-state index in [4.69, 9.17) is 16.6 Å². The van der Waals surface area contributed by atoms with Crippen molar-refractivity contribution >= 4 is 0 Å². The van der Waals surface area contributed by atoms with Crippen LogP contribution >= 0.6 is 0 Å². The van der Waals surface area contributed by atoms with Crippen LogP contribution in [0.5, 0.6) is 0 Å². The zero-order valence-electron chi connectivity index (χ0n) is 4.71. The van der Waals surface area contributed by atoms with E-state index in [-0.39, 0.29) is 12.8 Å². The molecule has 0 spiro atoms. The molecule has 0 aromatic rings. The first-order valence-electron chi connectivity index (χ1n) is 2.45. The lowest BCUT2D eigenvalue weighted by atomic mass is 10.3. The molecule has 0 amide bonds. The standard InChI is InChI=1S/C4H12N2O2/c5-1-4(6)2-8-3-7/h4,7H,1-3,5-6H2. The van der Waals surface area contributed by atoms with E-state index in [9.17, 15) is 0 Å². The molecule has 1 atom stereocenters. The maximum atomic E-state index is 8.09. The van der Waals surface area contributed by atoms with Gasteiger partial charge in [0.2, 0.25) is 0 Å². The molecule has 4 heteroatoms. The van der Waals surface area contributed by atoms with Crippen molar-refractivity contribution in [1.29, 1.82) is 0 Å². The molecule has 0 aliphatic carbocycles. The molecule has 0 radical (unpaired) electrons. The Kier molecular flexibility index (Phi) is 4.89. The third-order valence-electron chi connectivity index (χ3n) is 0.726. The molecule has 0 bridgehead atoms. The van der Waals surface area contributed by atoms with Crippen molar-refractivity contribution < 1.29 is 9.84 Å². The van der Waals surface area contributed by atoms with Gasteiger partial charge in [-0.3, -0.25) is 0 Å². The Labute approximate surface area is 48.4 Å². The number of aliphatic hydroxyl groups excluding tert-OH is 1. The zero-order chi connectivity index (χ0) is 6.41. The lowest BCUT2D eigenvalue weighted by Gasteiger charge is -2.05. The first-order valence-corrected chi connectivity index (χ1v) is 2.45. The zero-order valence-corrected chi connectivity index (χ0v) is 4.71. The van der Waals surface area contributed by atoms with Crippen LogP contribution in [0.4, 0.5) is 0 Å². The van der Waals surface area contributed by atoms with E-state index in [0.717, 1.165) is 0 Å². The summed E-state index contributed by atoms with van der Waals surface area (Å²) in [5.41, 5.74) is 10.4. The van der Waals surface area contributed by atoms with Gasteiger partial charge in [-0.05, 0) is 0 Å². The Bertz CT molecular complexity index is 51.3. The van der Waals surface area contributed by atoms with Crippen LogP contribution in [0.15, 0.2) is 0 Å². The minimum atomic E-state index is -0.284. The SMILES string of the molecule is NCC(N)COCO. The fraction of sp³-hybridized carbons (Fsp3) is 1.00. The van der Waals surface area contributed by atoms with Crippen LogP contribution in [-0.2, 0) is 4.74 Å². The van der Waals surface area contributed by atoms with Crippen LogP contribution in [0.25, 0.3) is 0 Å². The molecule has 8 heavy (non-hydrogen) atoms. The number of nitrogens with two attached hydrogens (primary N) is 2. The summed E-state index contributed by atoms with van der Waals surface area (Å²) >= 11 is 0. The maximum absolute atomic E-state index is 8.09. The predicted molar refractivity (Wildman–Crippen MR) is 30.1 cm³/mol. The summed E-state index contributed by atoms with van der Waals surface area (Å²) in [5, 5.41) is 8.09. The predicted octanol–water partition coefficient (Wildman–Crippen LogP) is -1.76.